The minimum Gasteiger partial charge on any atom is -0.497 e. The molecule has 0 fully saturated rings. The summed E-state index contributed by atoms with van der Waals surface area (Å²) in [5, 5.41) is 7.15. The van der Waals surface area contributed by atoms with Gasteiger partial charge in [-0.25, -0.2) is 0 Å². The summed E-state index contributed by atoms with van der Waals surface area (Å²) < 4.78 is 22.8. The molecule has 0 saturated heterocycles. The predicted molar refractivity (Wildman–Crippen MR) is 109 cm³/mol. The summed E-state index contributed by atoms with van der Waals surface area (Å²) in [6.45, 7) is 0. The van der Waals surface area contributed by atoms with E-state index in [2.05, 4.69) is 10.4 Å². The molecule has 0 aliphatic heterocycles. The van der Waals surface area contributed by atoms with E-state index in [-0.39, 0.29) is 11.6 Å². The maximum Gasteiger partial charge on any atom is 0.276 e. The van der Waals surface area contributed by atoms with Crippen LogP contribution in [0.2, 0.25) is 0 Å². The largest absolute Gasteiger partial charge is 0.497 e. The molecular formula is C21H23N3O5. The number of amides is 1. The smallest absolute Gasteiger partial charge is 0.276 e. The van der Waals surface area contributed by atoms with Crippen molar-refractivity contribution in [2.45, 2.75) is 0 Å². The average Bonchev–Trinajstić information content (AvgIpc) is 3.14. The molecular weight excluding hydrogens is 374 g/mol. The van der Waals surface area contributed by atoms with Crippen molar-refractivity contribution in [2.75, 3.05) is 33.8 Å². The van der Waals surface area contributed by atoms with Gasteiger partial charge in [0.1, 0.15) is 5.75 Å². The molecule has 1 amide bonds. The number of nitrogens with one attached hydrogen (secondary N) is 1. The molecule has 3 aromatic rings. The molecule has 8 nitrogen and oxygen atoms in total. The molecule has 0 atom stereocenters. The molecule has 1 aromatic heterocycles. The molecule has 8 heteroatoms. The molecule has 1 N–H and O–H groups in total. The fourth-order valence-corrected chi connectivity index (χ4v) is 2.96. The number of carbonyl (C=O) groups is 1. The number of aromatic nitrogens is 2. The molecule has 0 aliphatic rings. The highest BCUT2D eigenvalue weighted by Crippen LogP contribution is 2.40. The SMILES string of the molecule is COc1ccc(-c2cc(C(=O)Nc3cc(OC)c(OC)c(OC)c3)nn2C)cc1. The average molecular weight is 397 g/mol. The Balaban J connectivity index is 1.86. The zero-order valence-electron chi connectivity index (χ0n) is 17.0. The Morgan fingerprint density at radius 3 is 2.03 bits per heavy atom. The minimum atomic E-state index is -0.352. The number of carbonyl (C=O) groups excluding carboxylic acids is 1. The van der Waals surface area contributed by atoms with Crippen LogP contribution in [0.25, 0.3) is 11.3 Å². The van der Waals surface area contributed by atoms with Crippen LogP contribution in [0.1, 0.15) is 10.5 Å². The summed E-state index contributed by atoms with van der Waals surface area (Å²) in [4.78, 5) is 12.7. The third-order valence-electron chi connectivity index (χ3n) is 4.42. The van der Waals surface area contributed by atoms with Crippen LogP contribution in [0, 0.1) is 0 Å². The Hall–Kier alpha value is -3.68. The number of benzene rings is 2. The van der Waals surface area contributed by atoms with Crippen molar-refractivity contribution in [3.05, 3.63) is 48.2 Å². The normalized spacial score (nSPS) is 10.4. The van der Waals surface area contributed by atoms with E-state index in [1.54, 1.807) is 37.0 Å². The Bertz CT molecular complexity index is 987. The van der Waals surface area contributed by atoms with Crippen molar-refractivity contribution in [1.82, 2.24) is 9.78 Å². The van der Waals surface area contributed by atoms with Gasteiger partial charge in [-0.3, -0.25) is 9.48 Å². The molecule has 0 unspecified atom stereocenters. The first-order valence-electron chi connectivity index (χ1n) is 8.80. The number of methoxy groups -OCH3 is 4. The Labute approximate surface area is 169 Å². The topological polar surface area (TPSA) is 83.8 Å². The number of hydrogen-bond acceptors (Lipinski definition) is 6. The fourth-order valence-electron chi connectivity index (χ4n) is 2.96. The third kappa shape index (κ3) is 4.11. The van der Waals surface area contributed by atoms with E-state index in [1.807, 2.05) is 24.3 Å². The van der Waals surface area contributed by atoms with Gasteiger partial charge >= 0.3 is 0 Å². The van der Waals surface area contributed by atoms with Gasteiger partial charge in [0, 0.05) is 30.4 Å². The van der Waals surface area contributed by atoms with Crippen molar-refractivity contribution in [1.29, 1.82) is 0 Å². The van der Waals surface area contributed by atoms with Gasteiger partial charge in [0.15, 0.2) is 17.2 Å². The molecule has 3 rings (SSSR count). The van der Waals surface area contributed by atoms with Crippen molar-refractivity contribution in [3.63, 3.8) is 0 Å². The Morgan fingerprint density at radius 1 is 0.897 bits per heavy atom. The molecule has 0 aliphatic carbocycles. The van der Waals surface area contributed by atoms with Gasteiger partial charge in [-0.05, 0) is 30.3 Å². The summed E-state index contributed by atoms with van der Waals surface area (Å²) in [6, 6.07) is 12.6. The molecule has 152 valence electrons. The highest BCUT2D eigenvalue weighted by molar-refractivity contribution is 6.03. The highest BCUT2D eigenvalue weighted by atomic mass is 16.5. The monoisotopic (exact) mass is 397 g/mol. The predicted octanol–water partition coefficient (Wildman–Crippen LogP) is 3.37. The molecule has 0 saturated carbocycles. The van der Waals surface area contributed by atoms with Crippen LogP contribution in [-0.4, -0.2) is 44.1 Å². The van der Waals surface area contributed by atoms with E-state index < -0.39 is 0 Å². The first-order valence-corrected chi connectivity index (χ1v) is 8.80. The van der Waals surface area contributed by atoms with Crippen molar-refractivity contribution >= 4 is 11.6 Å². The number of anilines is 1. The zero-order valence-corrected chi connectivity index (χ0v) is 17.0. The van der Waals surface area contributed by atoms with E-state index in [9.17, 15) is 4.79 Å². The lowest BCUT2D eigenvalue weighted by Crippen LogP contribution is -2.13. The molecule has 0 spiro atoms. The quantitative estimate of drug-likeness (QED) is 0.658. The van der Waals surface area contributed by atoms with Crippen molar-refractivity contribution in [3.8, 4) is 34.3 Å². The van der Waals surface area contributed by atoms with Crippen LogP contribution in [0.15, 0.2) is 42.5 Å². The lowest BCUT2D eigenvalue weighted by atomic mass is 10.1. The van der Waals surface area contributed by atoms with Crippen LogP contribution in [0.4, 0.5) is 5.69 Å². The van der Waals surface area contributed by atoms with Gasteiger partial charge < -0.3 is 24.3 Å². The van der Waals surface area contributed by atoms with Gasteiger partial charge in [-0.1, -0.05) is 0 Å². The maximum absolute atomic E-state index is 12.7. The van der Waals surface area contributed by atoms with E-state index >= 15 is 0 Å². The van der Waals surface area contributed by atoms with Crippen LogP contribution >= 0.6 is 0 Å². The molecule has 0 bridgehead atoms. The fraction of sp³-hybridized carbons (Fsp3) is 0.238. The van der Waals surface area contributed by atoms with Gasteiger partial charge in [0.2, 0.25) is 5.75 Å². The Morgan fingerprint density at radius 2 is 1.52 bits per heavy atom. The number of rotatable bonds is 7. The molecule has 29 heavy (non-hydrogen) atoms. The standard InChI is InChI=1S/C21H23N3O5/c1-24-17(13-6-8-15(26-2)9-7-13)12-16(23-24)21(25)22-14-10-18(27-3)20(29-5)19(11-14)28-4/h6-12H,1-5H3,(H,22,25). The van der Waals surface area contributed by atoms with E-state index in [0.717, 1.165) is 17.0 Å². The summed E-state index contributed by atoms with van der Waals surface area (Å²) in [5.74, 6) is 1.75. The van der Waals surface area contributed by atoms with Gasteiger partial charge in [-0.15, -0.1) is 0 Å². The maximum atomic E-state index is 12.7. The molecule has 1 heterocycles. The second-order valence-electron chi connectivity index (χ2n) is 6.14. The van der Waals surface area contributed by atoms with Crippen LogP contribution < -0.4 is 24.3 Å². The summed E-state index contributed by atoms with van der Waals surface area (Å²) >= 11 is 0. The van der Waals surface area contributed by atoms with Crippen molar-refractivity contribution < 1.29 is 23.7 Å². The third-order valence-corrected chi connectivity index (χ3v) is 4.42. The first kappa shape index (κ1) is 20.1. The minimum absolute atomic E-state index is 0.284. The lowest BCUT2D eigenvalue weighted by molar-refractivity contribution is 0.102. The van der Waals surface area contributed by atoms with E-state index in [0.29, 0.717) is 22.9 Å². The summed E-state index contributed by atoms with van der Waals surface area (Å²) in [7, 11) is 7.96. The first-order chi connectivity index (χ1) is 14.0. The number of aryl methyl sites for hydroxylation is 1. The van der Waals surface area contributed by atoms with Crippen LogP contribution in [0.5, 0.6) is 23.0 Å². The highest BCUT2D eigenvalue weighted by Gasteiger charge is 2.18. The van der Waals surface area contributed by atoms with Crippen LogP contribution in [-0.2, 0) is 7.05 Å². The number of ether oxygens (including phenoxy) is 4. The second kappa shape index (κ2) is 8.55. The van der Waals surface area contributed by atoms with Gasteiger partial charge in [-0.2, -0.15) is 5.10 Å². The number of hydrogen-bond donors (Lipinski definition) is 1. The second-order valence-corrected chi connectivity index (χ2v) is 6.14. The van der Waals surface area contributed by atoms with E-state index in [4.69, 9.17) is 18.9 Å². The summed E-state index contributed by atoms with van der Waals surface area (Å²) in [6.07, 6.45) is 0. The lowest BCUT2D eigenvalue weighted by Gasteiger charge is -2.14. The van der Waals surface area contributed by atoms with Crippen molar-refractivity contribution in [2.24, 2.45) is 7.05 Å². The molecule has 2 aromatic carbocycles. The molecule has 0 radical (unpaired) electrons. The zero-order chi connectivity index (χ0) is 21.0. The Kier molecular flexibility index (Phi) is 5.92. The van der Waals surface area contributed by atoms with E-state index in [1.165, 1.54) is 21.3 Å². The van der Waals surface area contributed by atoms with Gasteiger partial charge in [0.05, 0.1) is 34.1 Å². The van der Waals surface area contributed by atoms with Gasteiger partial charge in [0.25, 0.3) is 5.91 Å². The number of nitrogens with zero attached hydrogens (tertiary/aromatic N) is 2. The van der Waals surface area contributed by atoms with Crippen LogP contribution in [0.3, 0.4) is 0 Å². The summed E-state index contributed by atoms with van der Waals surface area (Å²) in [5.41, 5.74) is 2.52.